The van der Waals surface area contributed by atoms with Gasteiger partial charge in [-0.25, -0.2) is 0 Å². The fourth-order valence-electron chi connectivity index (χ4n) is 5.30. The maximum absolute atomic E-state index is 13.8. The van der Waals surface area contributed by atoms with Crippen LogP contribution in [-0.4, -0.2) is 4.98 Å². The third kappa shape index (κ3) is 7.67. The minimum absolute atomic E-state index is 0. The molecule has 0 aliphatic carbocycles. The maximum Gasteiger partial charge on any atom is 0.147 e. The molecule has 0 fully saturated rings. The minimum atomic E-state index is -2.83. The molecule has 1 heterocycles. The summed E-state index contributed by atoms with van der Waals surface area (Å²) in [6, 6.07) is 48.4. The molecule has 6 rings (SSSR count). The molecule has 5 aromatic carbocycles. The van der Waals surface area contributed by atoms with E-state index in [0.29, 0.717) is 5.92 Å². The Balaban J connectivity index is 0.000000193. The van der Waals surface area contributed by atoms with Crippen molar-refractivity contribution in [2.75, 3.05) is 0 Å². The molecule has 0 bridgehead atoms. The van der Waals surface area contributed by atoms with Crippen LogP contribution in [0, 0.1) is 31.9 Å². The summed E-state index contributed by atoms with van der Waals surface area (Å²) in [6.07, 6.45) is 1.09. The summed E-state index contributed by atoms with van der Waals surface area (Å²) >= 11 is 0. The quantitative estimate of drug-likeness (QED) is 0.126. The third-order valence-electron chi connectivity index (χ3n) is 7.15. The van der Waals surface area contributed by atoms with Crippen molar-refractivity contribution in [2.45, 2.75) is 34.1 Å². The molecule has 6 aromatic rings. The summed E-state index contributed by atoms with van der Waals surface area (Å²) in [6.45, 7) is 8.71. The van der Waals surface area contributed by atoms with Crippen molar-refractivity contribution >= 4 is 34.0 Å². The monoisotopic (exact) mass is 758 g/mol. The van der Waals surface area contributed by atoms with Gasteiger partial charge in [0.15, 0.2) is 0 Å². The van der Waals surface area contributed by atoms with Gasteiger partial charge in [0.05, 0.1) is 5.52 Å². The number of benzene rings is 5. The average Bonchev–Trinajstić information content (AvgIpc) is 3.01. The van der Waals surface area contributed by atoms with Crippen molar-refractivity contribution in [3.8, 4) is 11.3 Å². The summed E-state index contributed by atoms with van der Waals surface area (Å²) in [7, 11) is -2.83. The molecular formula is C39H36IrNOP-2. The minimum Gasteiger partial charge on any atom is -0.311 e. The number of hydrogen-bond acceptors (Lipinski definition) is 2. The Kier molecular flexibility index (Phi) is 11.1. The number of nitrogens with zero attached hydrogens (tertiary/aromatic N) is 1. The first-order chi connectivity index (χ1) is 20.3. The predicted octanol–water partition coefficient (Wildman–Crippen LogP) is 8.64. The van der Waals surface area contributed by atoms with Gasteiger partial charge >= 0.3 is 0 Å². The van der Waals surface area contributed by atoms with Crippen LogP contribution in [0.3, 0.4) is 0 Å². The van der Waals surface area contributed by atoms with Crippen LogP contribution in [0.2, 0.25) is 0 Å². The Labute approximate surface area is 270 Å². The van der Waals surface area contributed by atoms with Crippen LogP contribution < -0.4 is 15.9 Å². The van der Waals surface area contributed by atoms with Gasteiger partial charge < -0.3 is 4.57 Å². The fourth-order valence-corrected chi connectivity index (χ4v) is 7.89. The SMILES string of the molecule is Cc1[c-]c(-c2ccc3c(CC(C)C)cccc3n2)cc(C)c1.O=P(c1[c-]cccc1)(c1ccccc1)c1ccccc1.[Ir]. The van der Waals surface area contributed by atoms with E-state index in [1.165, 1.54) is 16.5 Å². The van der Waals surface area contributed by atoms with Crippen molar-refractivity contribution < 1.29 is 24.7 Å². The Morgan fingerprint density at radius 3 is 1.98 bits per heavy atom. The summed E-state index contributed by atoms with van der Waals surface area (Å²) in [5.74, 6) is 0.651. The van der Waals surface area contributed by atoms with E-state index in [4.69, 9.17) is 4.98 Å². The Morgan fingerprint density at radius 2 is 1.40 bits per heavy atom. The first-order valence-corrected chi connectivity index (χ1v) is 16.1. The topological polar surface area (TPSA) is 30.0 Å². The van der Waals surface area contributed by atoms with Crippen molar-refractivity contribution in [2.24, 2.45) is 5.92 Å². The molecule has 4 heteroatoms. The molecule has 0 atom stereocenters. The second kappa shape index (κ2) is 14.7. The third-order valence-corrected chi connectivity index (χ3v) is 10.2. The van der Waals surface area contributed by atoms with Crippen LogP contribution in [0.15, 0.2) is 127 Å². The van der Waals surface area contributed by atoms with E-state index in [-0.39, 0.29) is 20.1 Å². The number of aromatic nitrogens is 1. The van der Waals surface area contributed by atoms with E-state index in [1.54, 1.807) is 0 Å². The predicted molar refractivity (Wildman–Crippen MR) is 179 cm³/mol. The molecule has 0 aliphatic rings. The molecule has 1 aromatic heterocycles. The Bertz CT molecular complexity index is 1700. The van der Waals surface area contributed by atoms with Crippen LogP contribution in [0.1, 0.15) is 30.5 Å². The molecule has 0 unspecified atom stereocenters. The van der Waals surface area contributed by atoms with E-state index in [9.17, 15) is 4.57 Å². The molecule has 0 N–H and O–H groups in total. The molecular weight excluding hydrogens is 722 g/mol. The van der Waals surface area contributed by atoms with Gasteiger partial charge in [-0.1, -0.05) is 118 Å². The van der Waals surface area contributed by atoms with Crippen LogP contribution in [0.25, 0.3) is 22.2 Å². The molecule has 0 aliphatic heterocycles. The Hall–Kier alpha value is -3.61. The van der Waals surface area contributed by atoms with Crippen molar-refractivity contribution in [1.82, 2.24) is 4.98 Å². The smallest absolute Gasteiger partial charge is 0.147 e. The van der Waals surface area contributed by atoms with Crippen LogP contribution in [-0.2, 0) is 31.1 Å². The van der Waals surface area contributed by atoms with E-state index in [0.717, 1.165) is 44.7 Å². The number of pyridine rings is 1. The molecule has 219 valence electrons. The fraction of sp³-hybridized carbons (Fsp3) is 0.154. The van der Waals surface area contributed by atoms with Gasteiger partial charge in [0, 0.05) is 36.1 Å². The van der Waals surface area contributed by atoms with Gasteiger partial charge in [-0.2, -0.15) is 30.3 Å². The van der Waals surface area contributed by atoms with E-state index in [2.05, 4.69) is 82.3 Å². The van der Waals surface area contributed by atoms with Gasteiger partial charge in [0.2, 0.25) is 0 Å². The molecule has 0 saturated carbocycles. The van der Waals surface area contributed by atoms with Crippen LogP contribution in [0.4, 0.5) is 0 Å². The molecule has 2 nitrogen and oxygen atoms in total. The Morgan fingerprint density at radius 1 is 0.744 bits per heavy atom. The summed E-state index contributed by atoms with van der Waals surface area (Å²) in [5.41, 5.74) is 6.95. The molecule has 0 amide bonds. The van der Waals surface area contributed by atoms with Crippen molar-refractivity contribution in [3.05, 3.63) is 156 Å². The maximum atomic E-state index is 13.8. The molecule has 0 spiro atoms. The summed E-state index contributed by atoms with van der Waals surface area (Å²) < 4.78 is 13.8. The van der Waals surface area contributed by atoms with Gasteiger partial charge in [-0.05, 0) is 29.7 Å². The van der Waals surface area contributed by atoms with Gasteiger partial charge in [-0.15, -0.1) is 34.9 Å². The summed E-state index contributed by atoms with van der Waals surface area (Å²) in [4.78, 5) is 4.86. The second-order valence-corrected chi connectivity index (χ2v) is 13.8. The number of fused-ring (bicyclic) bond motifs is 1. The second-order valence-electron chi connectivity index (χ2n) is 11.1. The van der Waals surface area contributed by atoms with E-state index < -0.39 is 7.14 Å². The molecule has 43 heavy (non-hydrogen) atoms. The van der Waals surface area contributed by atoms with E-state index >= 15 is 0 Å². The zero-order valence-corrected chi connectivity index (χ0v) is 28.3. The van der Waals surface area contributed by atoms with Gasteiger partial charge in [0.25, 0.3) is 0 Å². The normalized spacial score (nSPS) is 11.0. The van der Waals surface area contributed by atoms with Crippen LogP contribution in [0.5, 0.6) is 0 Å². The van der Waals surface area contributed by atoms with Crippen molar-refractivity contribution in [1.29, 1.82) is 0 Å². The average molecular weight is 758 g/mol. The molecule has 1 radical (unpaired) electrons. The standard InChI is InChI=1S/C21H22N.C18H14OP.Ir/c1-14(2)10-17-6-5-7-21-19(17)8-9-20(22-21)18-12-15(3)11-16(4)13-18;19-20(16-10-4-1-5-11-16,17-12-6-2-7-13-17)18-14-8-3-9-15-18;/h5-9,11-12,14H,10H2,1-4H3;1-14H;/q2*-1;. The number of rotatable bonds is 6. The van der Waals surface area contributed by atoms with Crippen molar-refractivity contribution in [3.63, 3.8) is 0 Å². The van der Waals surface area contributed by atoms with Gasteiger partial charge in [-0.3, -0.25) is 4.98 Å². The summed E-state index contributed by atoms with van der Waals surface area (Å²) in [5, 5.41) is 3.70. The first-order valence-electron chi connectivity index (χ1n) is 14.4. The zero-order valence-electron chi connectivity index (χ0n) is 25.0. The van der Waals surface area contributed by atoms with Gasteiger partial charge in [0.1, 0.15) is 7.14 Å². The zero-order chi connectivity index (χ0) is 29.5. The number of hydrogen-bond donors (Lipinski definition) is 0. The largest absolute Gasteiger partial charge is 0.311 e. The number of aryl methyl sites for hydroxylation is 2. The van der Waals surface area contributed by atoms with Crippen LogP contribution >= 0.6 is 7.14 Å². The molecule has 0 saturated heterocycles. The first kappa shape index (κ1) is 32.3. The van der Waals surface area contributed by atoms with E-state index in [1.807, 2.05) is 84.9 Å².